The summed E-state index contributed by atoms with van der Waals surface area (Å²) in [7, 11) is 3.25. The number of benzene rings is 2. The molecule has 3 aromatic rings. The zero-order valence-corrected chi connectivity index (χ0v) is 16.6. The van der Waals surface area contributed by atoms with E-state index in [4.69, 9.17) is 22.1 Å². The molecular weight excluding hydrogens is 392 g/mol. The minimum Gasteiger partial charge on any atom is -0.497 e. The van der Waals surface area contributed by atoms with Gasteiger partial charge >= 0.3 is 0 Å². The third-order valence-electron chi connectivity index (χ3n) is 3.98. The van der Waals surface area contributed by atoms with Gasteiger partial charge in [0.1, 0.15) is 11.4 Å². The molecule has 148 valence electrons. The number of methoxy groups -OCH3 is 1. The molecule has 9 heteroatoms. The van der Waals surface area contributed by atoms with E-state index in [9.17, 15) is 4.79 Å². The van der Waals surface area contributed by atoms with E-state index >= 15 is 0 Å². The quantitative estimate of drug-likeness (QED) is 0.601. The number of carbonyl (C=O) groups is 1. The topological polar surface area (TPSA) is 106 Å². The monoisotopic (exact) mass is 410 g/mol. The van der Waals surface area contributed by atoms with E-state index < -0.39 is 0 Å². The van der Waals surface area contributed by atoms with Crippen LogP contribution >= 0.6 is 11.6 Å². The molecule has 3 N–H and O–H groups in total. The number of nitrogen functional groups attached to an aromatic ring is 1. The Morgan fingerprint density at radius 3 is 2.41 bits per heavy atom. The average Bonchev–Trinajstić information content (AvgIpc) is 2.72. The van der Waals surface area contributed by atoms with E-state index in [-0.39, 0.29) is 28.8 Å². The number of ether oxygens (including phenoxy) is 1. The first-order chi connectivity index (χ1) is 14.0. The molecule has 1 amide bonds. The average molecular weight is 411 g/mol. The van der Waals surface area contributed by atoms with Gasteiger partial charge in [-0.2, -0.15) is 15.0 Å². The van der Waals surface area contributed by atoms with E-state index in [1.165, 1.54) is 4.90 Å². The summed E-state index contributed by atoms with van der Waals surface area (Å²) in [5.74, 6) is 0.404. The molecule has 0 fully saturated rings. The molecule has 0 aliphatic heterocycles. The van der Waals surface area contributed by atoms with Crippen LogP contribution in [0.2, 0.25) is 5.28 Å². The Labute approximate surface area is 173 Å². The van der Waals surface area contributed by atoms with Crippen LogP contribution in [0.25, 0.3) is 6.08 Å². The summed E-state index contributed by atoms with van der Waals surface area (Å²) in [5.41, 5.74) is 7.37. The number of aromatic nitrogens is 3. The van der Waals surface area contributed by atoms with E-state index in [2.05, 4.69) is 20.3 Å². The fourth-order valence-corrected chi connectivity index (χ4v) is 2.68. The molecular formula is C20H19ClN6O2. The van der Waals surface area contributed by atoms with Gasteiger partial charge in [-0.1, -0.05) is 30.3 Å². The number of amides is 1. The molecule has 0 saturated carbocycles. The third-order valence-corrected chi connectivity index (χ3v) is 4.15. The normalized spacial score (nSPS) is 11.1. The SMILES string of the molecule is COc1ccc(N(C)C(=O)/C(=C/c2ccccc2)Nc2nc(N)nc(Cl)n2)cc1. The molecule has 0 atom stereocenters. The fourth-order valence-electron chi connectivity index (χ4n) is 2.51. The molecule has 29 heavy (non-hydrogen) atoms. The molecule has 0 aliphatic rings. The predicted molar refractivity (Wildman–Crippen MR) is 114 cm³/mol. The van der Waals surface area contributed by atoms with Crippen molar-refractivity contribution in [3.05, 3.63) is 71.1 Å². The van der Waals surface area contributed by atoms with Crippen LogP contribution in [0.5, 0.6) is 5.75 Å². The largest absolute Gasteiger partial charge is 0.497 e. The molecule has 0 bridgehead atoms. The molecule has 0 aliphatic carbocycles. The minimum absolute atomic E-state index is 0.0532. The summed E-state index contributed by atoms with van der Waals surface area (Å²) in [6.07, 6.45) is 1.69. The molecule has 2 aromatic carbocycles. The molecule has 0 spiro atoms. The van der Waals surface area contributed by atoms with Crippen molar-refractivity contribution in [3.63, 3.8) is 0 Å². The number of nitrogens with zero attached hydrogens (tertiary/aromatic N) is 4. The highest BCUT2D eigenvalue weighted by Crippen LogP contribution is 2.21. The van der Waals surface area contributed by atoms with Gasteiger partial charge in [0, 0.05) is 12.7 Å². The van der Waals surface area contributed by atoms with Crippen molar-refractivity contribution in [2.45, 2.75) is 0 Å². The highest BCUT2D eigenvalue weighted by atomic mass is 35.5. The van der Waals surface area contributed by atoms with Crippen molar-refractivity contribution in [2.75, 3.05) is 30.1 Å². The van der Waals surface area contributed by atoms with E-state index in [0.717, 1.165) is 5.56 Å². The number of halogens is 1. The first-order valence-corrected chi connectivity index (χ1v) is 8.97. The molecule has 1 aromatic heterocycles. The maximum atomic E-state index is 13.2. The first kappa shape index (κ1) is 20.1. The summed E-state index contributed by atoms with van der Waals surface area (Å²) in [4.78, 5) is 26.4. The predicted octanol–water partition coefficient (Wildman–Crippen LogP) is 3.23. The number of nitrogens with one attached hydrogen (secondary N) is 1. The lowest BCUT2D eigenvalue weighted by Crippen LogP contribution is -2.31. The molecule has 8 nitrogen and oxygen atoms in total. The standard InChI is InChI=1S/C20H19ClN6O2/c1-27(14-8-10-15(29-2)11-9-14)17(28)16(12-13-6-4-3-5-7-13)23-20-25-18(21)24-19(22)26-20/h3-12H,1-2H3,(H3,22,23,24,25,26)/b16-12-. The Balaban J connectivity index is 1.94. The van der Waals surface area contributed by atoms with Crippen molar-refractivity contribution in [1.82, 2.24) is 15.0 Å². The number of nitrogens with two attached hydrogens (primary N) is 1. The molecule has 0 radical (unpaired) electrons. The second kappa shape index (κ2) is 9.03. The van der Waals surface area contributed by atoms with Crippen LogP contribution in [0.1, 0.15) is 5.56 Å². The lowest BCUT2D eigenvalue weighted by molar-refractivity contribution is -0.114. The van der Waals surface area contributed by atoms with Crippen molar-refractivity contribution >= 4 is 41.2 Å². The highest BCUT2D eigenvalue weighted by Gasteiger charge is 2.18. The van der Waals surface area contributed by atoms with Crippen molar-refractivity contribution in [2.24, 2.45) is 0 Å². The maximum absolute atomic E-state index is 13.2. The first-order valence-electron chi connectivity index (χ1n) is 8.59. The van der Waals surface area contributed by atoms with Crippen LogP contribution in [0.4, 0.5) is 17.6 Å². The van der Waals surface area contributed by atoms with Gasteiger partial charge in [0.05, 0.1) is 7.11 Å². The smallest absolute Gasteiger partial charge is 0.274 e. The fraction of sp³-hybridized carbons (Fsp3) is 0.100. The van der Waals surface area contributed by atoms with Crippen LogP contribution in [0.15, 0.2) is 60.3 Å². The zero-order valence-electron chi connectivity index (χ0n) is 15.8. The Morgan fingerprint density at radius 2 is 1.79 bits per heavy atom. The van der Waals surface area contributed by atoms with Crippen LogP contribution in [0.3, 0.4) is 0 Å². The Bertz CT molecular complexity index is 1000. The van der Waals surface area contributed by atoms with E-state index in [0.29, 0.717) is 11.4 Å². The second-order valence-corrected chi connectivity index (χ2v) is 6.28. The second-order valence-electron chi connectivity index (χ2n) is 5.94. The van der Waals surface area contributed by atoms with Gasteiger partial charge in [-0.3, -0.25) is 4.79 Å². The van der Waals surface area contributed by atoms with E-state index in [1.807, 2.05) is 30.3 Å². The Kier molecular flexibility index (Phi) is 6.25. The number of likely N-dealkylation sites (N-methyl/N-ethyl adjacent to an activating group) is 1. The van der Waals surface area contributed by atoms with Crippen LogP contribution in [-0.2, 0) is 4.79 Å². The summed E-state index contributed by atoms with van der Waals surface area (Å²) in [5, 5.41) is 2.83. The van der Waals surface area contributed by atoms with Gasteiger partial charge in [-0.25, -0.2) is 0 Å². The van der Waals surface area contributed by atoms with Crippen molar-refractivity contribution in [3.8, 4) is 5.75 Å². The summed E-state index contributed by atoms with van der Waals surface area (Å²) >= 11 is 5.85. The summed E-state index contributed by atoms with van der Waals surface area (Å²) < 4.78 is 5.16. The van der Waals surface area contributed by atoms with Crippen molar-refractivity contribution < 1.29 is 9.53 Å². The number of hydrogen-bond donors (Lipinski definition) is 2. The van der Waals surface area contributed by atoms with Gasteiger partial charge in [-0.15, -0.1) is 0 Å². The number of hydrogen-bond acceptors (Lipinski definition) is 7. The molecule has 0 unspecified atom stereocenters. The Hall–Kier alpha value is -3.65. The van der Waals surface area contributed by atoms with Gasteiger partial charge in [0.15, 0.2) is 0 Å². The summed E-state index contributed by atoms with van der Waals surface area (Å²) in [6.45, 7) is 0. The lowest BCUT2D eigenvalue weighted by Gasteiger charge is -2.20. The number of carbonyl (C=O) groups excluding carboxylic acids is 1. The molecule has 0 saturated heterocycles. The third kappa shape index (κ3) is 5.20. The van der Waals surface area contributed by atoms with E-state index in [1.54, 1.807) is 44.5 Å². The van der Waals surface area contributed by atoms with Crippen LogP contribution in [-0.4, -0.2) is 35.0 Å². The highest BCUT2D eigenvalue weighted by molar-refractivity contribution is 6.28. The van der Waals surface area contributed by atoms with Gasteiger partial charge in [0.25, 0.3) is 5.91 Å². The van der Waals surface area contributed by atoms with Gasteiger partial charge in [-0.05, 0) is 47.5 Å². The van der Waals surface area contributed by atoms with Crippen LogP contribution in [0, 0.1) is 0 Å². The molecule has 3 rings (SSSR count). The lowest BCUT2D eigenvalue weighted by atomic mass is 10.1. The van der Waals surface area contributed by atoms with Crippen LogP contribution < -0.4 is 20.7 Å². The zero-order chi connectivity index (χ0) is 20.8. The summed E-state index contributed by atoms with van der Waals surface area (Å²) in [6, 6.07) is 16.5. The maximum Gasteiger partial charge on any atom is 0.274 e. The minimum atomic E-state index is -0.311. The van der Waals surface area contributed by atoms with Gasteiger partial charge < -0.3 is 20.7 Å². The Morgan fingerprint density at radius 1 is 1.10 bits per heavy atom. The molecule has 1 heterocycles. The van der Waals surface area contributed by atoms with Gasteiger partial charge in [0.2, 0.25) is 17.2 Å². The number of anilines is 3. The van der Waals surface area contributed by atoms with Crippen molar-refractivity contribution in [1.29, 1.82) is 0 Å². The number of rotatable bonds is 6.